The van der Waals surface area contributed by atoms with Crippen LogP contribution in [0.25, 0.3) is 0 Å². The molecular weight excluding hydrogens is 290 g/mol. The Morgan fingerprint density at radius 3 is 2.78 bits per heavy atom. The minimum atomic E-state index is 0.133. The lowest BCUT2D eigenvalue weighted by molar-refractivity contribution is 0.650. The number of hydrogen-bond donors (Lipinski definition) is 1. The van der Waals surface area contributed by atoms with Crippen LogP contribution in [-0.2, 0) is 19.4 Å². The quantitative estimate of drug-likeness (QED) is 0.923. The van der Waals surface area contributed by atoms with Gasteiger partial charge in [0.2, 0.25) is 0 Å². The van der Waals surface area contributed by atoms with Gasteiger partial charge in [0.25, 0.3) is 0 Å². The maximum absolute atomic E-state index is 6.19. The van der Waals surface area contributed by atoms with Gasteiger partial charge in [0.05, 0.1) is 6.20 Å². The van der Waals surface area contributed by atoms with Crippen molar-refractivity contribution in [2.24, 2.45) is 5.73 Å². The van der Waals surface area contributed by atoms with E-state index in [9.17, 15) is 0 Å². The van der Waals surface area contributed by atoms with Crippen molar-refractivity contribution in [1.82, 2.24) is 9.78 Å². The summed E-state index contributed by atoms with van der Waals surface area (Å²) in [6, 6.07) is 8.44. The van der Waals surface area contributed by atoms with E-state index in [0.29, 0.717) is 0 Å². The number of nitrogens with zero attached hydrogens (tertiary/aromatic N) is 2. The van der Waals surface area contributed by atoms with Crippen molar-refractivity contribution in [3.8, 4) is 0 Å². The van der Waals surface area contributed by atoms with E-state index >= 15 is 0 Å². The van der Waals surface area contributed by atoms with E-state index in [4.69, 9.17) is 5.73 Å². The second-order valence-electron chi connectivity index (χ2n) is 4.50. The summed E-state index contributed by atoms with van der Waals surface area (Å²) in [4.78, 5) is 0. The largest absolute Gasteiger partial charge is 0.327 e. The Morgan fingerprint density at radius 2 is 2.11 bits per heavy atom. The molecule has 96 valence electrons. The second kappa shape index (κ2) is 6.16. The van der Waals surface area contributed by atoms with Crippen LogP contribution in [0.4, 0.5) is 0 Å². The summed E-state index contributed by atoms with van der Waals surface area (Å²) in [5, 5.41) is 4.26. The average Bonchev–Trinajstić information content (AvgIpc) is 2.76. The fraction of sp³-hybridized carbons (Fsp3) is 0.357. The van der Waals surface area contributed by atoms with Gasteiger partial charge in [0.15, 0.2) is 0 Å². The highest BCUT2D eigenvalue weighted by Crippen LogP contribution is 2.14. The third-order valence-electron chi connectivity index (χ3n) is 2.90. The lowest BCUT2D eigenvalue weighted by Gasteiger charge is -2.10. The molecule has 1 aromatic heterocycles. The molecule has 1 unspecified atom stereocenters. The van der Waals surface area contributed by atoms with Crippen molar-refractivity contribution in [2.45, 2.75) is 32.4 Å². The molecule has 0 fully saturated rings. The first-order valence-corrected chi connectivity index (χ1v) is 6.98. The topological polar surface area (TPSA) is 43.8 Å². The number of aryl methyl sites for hydroxylation is 1. The lowest BCUT2D eigenvalue weighted by Crippen LogP contribution is -2.25. The van der Waals surface area contributed by atoms with E-state index in [1.54, 1.807) is 0 Å². The van der Waals surface area contributed by atoms with Crippen LogP contribution < -0.4 is 5.73 Å². The normalized spacial score (nSPS) is 12.6. The number of aromatic nitrogens is 2. The second-order valence-corrected chi connectivity index (χ2v) is 5.42. The zero-order valence-electron chi connectivity index (χ0n) is 10.5. The van der Waals surface area contributed by atoms with E-state index in [1.165, 1.54) is 11.1 Å². The van der Waals surface area contributed by atoms with E-state index in [1.807, 2.05) is 23.0 Å². The van der Waals surface area contributed by atoms with Gasteiger partial charge < -0.3 is 5.73 Å². The van der Waals surface area contributed by atoms with Gasteiger partial charge in [-0.05, 0) is 43.0 Å². The molecule has 0 aliphatic carbocycles. The predicted octanol–water partition coefficient (Wildman–Crippen LogP) is 2.78. The molecule has 0 radical (unpaired) electrons. The predicted molar refractivity (Wildman–Crippen MR) is 77.4 cm³/mol. The van der Waals surface area contributed by atoms with E-state index in [0.717, 1.165) is 23.9 Å². The highest BCUT2D eigenvalue weighted by Gasteiger charge is 2.07. The first-order chi connectivity index (χ1) is 8.67. The summed E-state index contributed by atoms with van der Waals surface area (Å²) >= 11 is 3.48. The van der Waals surface area contributed by atoms with Crippen molar-refractivity contribution in [2.75, 3.05) is 0 Å². The molecule has 0 saturated carbocycles. The molecule has 0 bridgehead atoms. The Balaban J connectivity index is 1.94. The van der Waals surface area contributed by atoms with Crippen LogP contribution in [0.2, 0.25) is 0 Å². The monoisotopic (exact) mass is 307 g/mol. The van der Waals surface area contributed by atoms with Crippen molar-refractivity contribution in [3.63, 3.8) is 0 Å². The number of hydrogen-bond acceptors (Lipinski definition) is 2. The Kier molecular flexibility index (Phi) is 4.55. The Bertz CT molecular complexity index is 507. The van der Waals surface area contributed by atoms with Crippen molar-refractivity contribution < 1.29 is 0 Å². The van der Waals surface area contributed by atoms with Gasteiger partial charge in [-0.25, -0.2) is 0 Å². The van der Waals surface area contributed by atoms with Crippen LogP contribution in [0.5, 0.6) is 0 Å². The molecule has 0 aliphatic heterocycles. The van der Waals surface area contributed by atoms with Crippen LogP contribution in [-0.4, -0.2) is 15.8 Å². The van der Waals surface area contributed by atoms with Crippen LogP contribution >= 0.6 is 15.9 Å². The number of halogens is 1. The van der Waals surface area contributed by atoms with Crippen LogP contribution in [0, 0.1) is 0 Å². The van der Waals surface area contributed by atoms with Gasteiger partial charge >= 0.3 is 0 Å². The molecular formula is C14H18BrN3. The van der Waals surface area contributed by atoms with E-state index in [-0.39, 0.29) is 6.04 Å². The van der Waals surface area contributed by atoms with Crippen molar-refractivity contribution >= 4 is 15.9 Å². The molecule has 0 spiro atoms. The standard InChI is InChI=1S/C14H18BrN3/c1-2-18-10-12(9-17-18)8-14(16)7-11-4-3-5-13(15)6-11/h3-6,9-10,14H,2,7-8,16H2,1H3. The average molecular weight is 308 g/mol. The molecule has 1 heterocycles. The van der Waals surface area contributed by atoms with Crippen molar-refractivity contribution in [1.29, 1.82) is 0 Å². The first kappa shape index (κ1) is 13.3. The molecule has 2 N–H and O–H groups in total. The Morgan fingerprint density at radius 1 is 1.33 bits per heavy atom. The van der Waals surface area contributed by atoms with Gasteiger partial charge in [-0.3, -0.25) is 4.68 Å². The minimum absolute atomic E-state index is 0.133. The summed E-state index contributed by atoms with van der Waals surface area (Å²) < 4.78 is 3.03. The van der Waals surface area contributed by atoms with Gasteiger partial charge in [0.1, 0.15) is 0 Å². The maximum Gasteiger partial charge on any atom is 0.0522 e. The number of nitrogens with two attached hydrogens (primary N) is 1. The third-order valence-corrected chi connectivity index (χ3v) is 3.39. The maximum atomic E-state index is 6.19. The summed E-state index contributed by atoms with van der Waals surface area (Å²) in [7, 11) is 0. The van der Waals surface area contributed by atoms with Crippen LogP contribution in [0.1, 0.15) is 18.1 Å². The smallest absolute Gasteiger partial charge is 0.0522 e. The summed E-state index contributed by atoms with van der Waals surface area (Å²) in [6.45, 7) is 2.99. The highest BCUT2D eigenvalue weighted by molar-refractivity contribution is 9.10. The molecule has 2 rings (SSSR count). The number of benzene rings is 1. The van der Waals surface area contributed by atoms with Crippen LogP contribution in [0.3, 0.4) is 0 Å². The molecule has 1 aromatic carbocycles. The highest BCUT2D eigenvalue weighted by atomic mass is 79.9. The molecule has 2 aromatic rings. The molecule has 3 nitrogen and oxygen atoms in total. The lowest BCUT2D eigenvalue weighted by atomic mass is 10.0. The van der Waals surface area contributed by atoms with Gasteiger partial charge in [0, 0.05) is 23.3 Å². The molecule has 0 aliphatic rings. The van der Waals surface area contributed by atoms with E-state index < -0.39 is 0 Å². The Hall–Kier alpha value is -1.13. The van der Waals surface area contributed by atoms with Crippen LogP contribution in [0.15, 0.2) is 41.1 Å². The fourth-order valence-electron chi connectivity index (χ4n) is 2.03. The zero-order chi connectivity index (χ0) is 13.0. The first-order valence-electron chi connectivity index (χ1n) is 6.18. The van der Waals surface area contributed by atoms with Gasteiger partial charge in [-0.1, -0.05) is 28.1 Å². The third kappa shape index (κ3) is 3.68. The van der Waals surface area contributed by atoms with Gasteiger partial charge in [-0.2, -0.15) is 5.10 Å². The fourth-order valence-corrected chi connectivity index (χ4v) is 2.47. The number of rotatable bonds is 5. The molecule has 0 amide bonds. The SMILES string of the molecule is CCn1cc(CC(N)Cc2cccc(Br)c2)cn1. The molecule has 0 saturated heterocycles. The summed E-state index contributed by atoms with van der Waals surface area (Å²) in [6.07, 6.45) is 5.73. The molecule has 18 heavy (non-hydrogen) atoms. The van der Waals surface area contributed by atoms with E-state index in [2.05, 4.69) is 46.3 Å². The molecule has 1 atom stereocenters. The molecule has 4 heteroatoms. The van der Waals surface area contributed by atoms with Gasteiger partial charge in [-0.15, -0.1) is 0 Å². The van der Waals surface area contributed by atoms with Crippen molar-refractivity contribution in [3.05, 3.63) is 52.3 Å². The summed E-state index contributed by atoms with van der Waals surface area (Å²) in [5.41, 5.74) is 8.66. The summed E-state index contributed by atoms with van der Waals surface area (Å²) in [5.74, 6) is 0. The Labute approximate surface area is 116 Å². The zero-order valence-corrected chi connectivity index (χ0v) is 12.1. The minimum Gasteiger partial charge on any atom is -0.327 e.